The van der Waals surface area contributed by atoms with Crippen LogP contribution in [0.15, 0.2) is 43.0 Å². The third-order valence-corrected chi connectivity index (χ3v) is 4.65. The summed E-state index contributed by atoms with van der Waals surface area (Å²) in [4.78, 5) is 23.3. The predicted octanol–water partition coefficient (Wildman–Crippen LogP) is 3.03. The molecule has 7 nitrogen and oxygen atoms in total. The SMILES string of the molecule is Cc1nc(Nc2ccccn2)cc([C@H]2CCCN(Cc3cnc[nH]3)C2)n1. The van der Waals surface area contributed by atoms with Gasteiger partial charge in [-0.1, -0.05) is 6.07 Å². The Bertz CT molecular complexity index is 832. The van der Waals surface area contributed by atoms with Crippen molar-refractivity contribution in [2.24, 2.45) is 0 Å². The lowest BCUT2D eigenvalue weighted by atomic mass is 9.94. The molecule has 3 aromatic heterocycles. The molecule has 1 aliphatic rings. The van der Waals surface area contributed by atoms with Crippen LogP contribution in [0.4, 0.5) is 11.6 Å². The molecular formula is C19H23N7. The lowest BCUT2D eigenvalue weighted by molar-refractivity contribution is 0.196. The summed E-state index contributed by atoms with van der Waals surface area (Å²) in [7, 11) is 0. The van der Waals surface area contributed by atoms with E-state index in [0.29, 0.717) is 5.92 Å². The lowest BCUT2D eigenvalue weighted by Gasteiger charge is -2.32. The Balaban J connectivity index is 1.49. The van der Waals surface area contributed by atoms with Crippen LogP contribution < -0.4 is 5.32 Å². The maximum absolute atomic E-state index is 4.71. The van der Waals surface area contributed by atoms with Crippen molar-refractivity contribution in [1.82, 2.24) is 29.8 Å². The normalized spacial score (nSPS) is 18.0. The fraction of sp³-hybridized carbons (Fsp3) is 0.368. The van der Waals surface area contributed by atoms with Crippen molar-refractivity contribution in [3.05, 3.63) is 60.2 Å². The maximum Gasteiger partial charge on any atom is 0.135 e. The Morgan fingerprint density at radius 3 is 3.04 bits per heavy atom. The molecule has 1 fully saturated rings. The molecule has 3 aromatic rings. The monoisotopic (exact) mass is 349 g/mol. The fourth-order valence-electron chi connectivity index (χ4n) is 3.48. The summed E-state index contributed by atoms with van der Waals surface area (Å²) in [6.07, 6.45) is 7.73. The second-order valence-corrected chi connectivity index (χ2v) is 6.72. The van der Waals surface area contributed by atoms with Crippen LogP contribution in [-0.4, -0.2) is 42.9 Å². The number of pyridine rings is 1. The number of hydrogen-bond acceptors (Lipinski definition) is 6. The van der Waals surface area contributed by atoms with E-state index in [2.05, 4.69) is 36.2 Å². The Labute approximate surface area is 152 Å². The van der Waals surface area contributed by atoms with Gasteiger partial charge in [0.25, 0.3) is 0 Å². The lowest BCUT2D eigenvalue weighted by Crippen LogP contribution is -2.34. The highest BCUT2D eigenvalue weighted by molar-refractivity contribution is 5.51. The first-order valence-corrected chi connectivity index (χ1v) is 8.99. The van der Waals surface area contributed by atoms with Gasteiger partial charge in [-0.05, 0) is 38.4 Å². The number of nitrogens with zero attached hydrogens (tertiary/aromatic N) is 5. The van der Waals surface area contributed by atoms with Gasteiger partial charge >= 0.3 is 0 Å². The molecule has 0 bridgehead atoms. The van der Waals surface area contributed by atoms with Crippen LogP contribution >= 0.6 is 0 Å². The third kappa shape index (κ3) is 4.05. The van der Waals surface area contributed by atoms with E-state index in [1.807, 2.05) is 31.3 Å². The van der Waals surface area contributed by atoms with E-state index in [9.17, 15) is 0 Å². The summed E-state index contributed by atoms with van der Waals surface area (Å²) in [6, 6.07) is 7.85. The standard InChI is InChI=1S/C19H23N7/c1-14-23-17(9-19(24-14)25-18-6-2-3-7-21-18)15-5-4-8-26(11-15)12-16-10-20-13-22-16/h2-3,6-7,9-10,13,15H,4-5,8,11-12H2,1H3,(H,20,22)(H,21,23,24,25)/t15-/m0/s1. The van der Waals surface area contributed by atoms with Crippen LogP contribution in [0.2, 0.25) is 0 Å². The molecule has 0 radical (unpaired) electrons. The maximum atomic E-state index is 4.71. The number of anilines is 2. The van der Waals surface area contributed by atoms with Crippen LogP contribution in [0.5, 0.6) is 0 Å². The highest BCUT2D eigenvalue weighted by atomic mass is 15.1. The zero-order valence-corrected chi connectivity index (χ0v) is 14.9. The van der Waals surface area contributed by atoms with Crippen molar-refractivity contribution in [3.8, 4) is 0 Å². The van der Waals surface area contributed by atoms with Crippen LogP contribution in [0, 0.1) is 6.92 Å². The number of nitrogens with one attached hydrogen (secondary N) is 2. The van der Waals surface area contributed by atoms with E-state index >= 15 is 0 Å². The van der Waals surface area contributed by atoms with Gasteiger partial charge in [-0.15, -0.1) is 0 Å². The van der Waals surface area contributed by atoms with Crippen molar-refractivity contribution in [2.75, 3.05) is 18.4 Å². The summed E-state index contributed by atoms with van der Waals surface area (Å²) >= 11 is 0. The third-order valence-electron chi connectivity index (χ3n) is 4.65. The van der Waals surface area contributed by atoms with Gasteiger partial charge in [-0.2, -0.15) is 0 Å². The van der Waals surface area contributed by atoms with Crippen LogP contribution in [0.1, 0.15) is 36.0 Å². The van der Waals surface area contributed by atoms with Gasteiger partial charge in [-0.3, -0.25) is 4.90 Å². The van der Waals surface area contributed by atoms with E-state index < -0.39 is 0 Å². The minimum atomic E-state index is 0.414. The molecular weight excluding hydrogens is 326 g/mol. The molecule has 0 aromatic carbocycles. The number of H-pyrrole nitrogens is 1. The fourth-order valence-corrected chi connectivity index (χ4v) is 3.48. The first kappa shape index (κ1) is 16.7. The molecule has 0 spiro atoms. The molecule has 26 heavy (non-hydrogen) atoms. The highest BCUT2D eigenvalue weighted by Gasteiger charge is 2.23. The molecule has 2 N–H and O–H groups in total. The minimum Gasteiger partial charge on any atom is -0.347 e. The number of likely N-dealkylation sites (tertiary alicyclic amines) is 1. The van der Waals surface area contributed by atoms with Gasteiger partial charge in [-0.25, -0.2) is 19.9 Å². The van der Waals surface area contributed by atoms with Gasteiger partial charge in [0.05, 0.1) is 12.0 Å². The predicted molar refractivity (Wildman–Crippen MR) is 100 cm³/mol. The largest absolute Gasteiger partial charge is 0.347 e. The Morgan fingerprint density at radius 2 is 2.23 bits per heavy atom. The molecule has 1 atom stereocenters. The second-order valence-electron chi connectivity index (χ2n) is 6.72. The van der Waals surface area contributed by atoms with E-state index in [4.69, 9.17) is 4.98 Å². The first-order chi connectivity index (χ1) is 12.8. The van der Waals surface area contributed by atoms with Crippen molar-refractivity contribution in [2.45, 2.75) is 32.2 Å². The van der Waals surface area contributed by atoms with Crippen LogP contribution in [-0.2, 0) is 6.54 Å². The van der Waals surface area contributed by atoms with E-state index in [-0.39, 0.29) is 0 Å². The molecule has 7 heteroatoms. The molecule has 0 unspecified atom stereocenters. The smallest absolute Gasteiger partial charge is 0.135 e. The summed E-state index contributed by atoms with van der Waals surface area (Å²) in [5.74, 6) is 2.79. The summed E-state index contributed by atoms with van der Waals surface area (Å²) < 4.78 is 0. The number of aryl methyl sites for hydroxylation is 1. The highest BCUT2D eigenvalue weighted by Crippen LogP contribution is 2.28. The molecule has 0 saturated carbocycles. The van der Waals surface area contributed by atoms with Crippen molar-refractivity contribution in [3.63, 3.8) is 0 Å². The van der Waals surface area contributed by atoms with Gasteiger partial charge in [0.2, 0.25) is 0 Å². The average Bonchev–Trinajstić information content (AvgIpc) is 3.15. The summed E-state index contributed by atoms with van der Waals surface area (Å²) in [6.45, 7) is 4.95. The molecule has 0 aliphatic carbocycles. The van der Waals surface area contributed by atoms with Crippen LogP contribution in [0.3, 0.4) is 0 Å². The molecule has 4 heterocycles. The van der Waals surface area contributed by atoms with Crippen molar-refractivity contribution < 1.29 is 0 Å². The topological polar surface area (TPSA) is 82.6 Å². The number of imidazole rings is 1. The van der Waals surface area contributed by atoms with Crippen molar-refractivity contribution >= 4 is 11.6 Å². The first-order valence-electron chi connectivity index (χ1n) is 8.99. The van der Waals surface area contributed by atoms with Gasteiger partial charge in [0.15, 0.2) is 0 Å². The quantitative estimate of drug-likeness (QED) is 0.737. The number of hydrogen-bond donors (Lipinski definition) is 2. The molecule has 134 valence electrons. The Morgan fingerprint density at radius 1 is 1.27 bits per heavy atom. The van der Waals surface area contributed by atoms with E-state index in [0.717, 1.165) is 54.9 Å². The Hall–Kier alpha value is -2.80. The summed E-state index contributed by atoms with van der Waals surface area (Å²) in [5.41, 5.74) is 2.26. The minimum absolute atomic E-state index is 0.414. The molecule has 0 amide bonds. The molecule has 1 aliphatic heterocycles. The van der Waals surface area contributed by atoms with Gasteiger partial charge < -0.3 is 10.3 Å². The van der Waals surface area contributed by atoms with Gasteiger partial charge in [0.1, 0.15) is 17.5 Å². The zero-order valence-electron chi connectivity index (χ0n) is 14.9. The zero-order chi connectivity index (χ0) is 17.8. The van der Waals surface area contributed by atoms with E-state index in [1.165, 1.54) is 6.42 Å². The average molecular weight is 349 g/mol. The van der Waals surface area contributed by atoms with Gasteiger partial charge in [0, 0.05) is 43.2 Å². The summed E-state index contributed by atoms with van der Waals surface area (Å²) in [5, 5.41) is 3.28. The van der Waals surface area contributed by atoms with Crippen LogP contribution in [0.25, 0.3) is 0 Å². The second kappa shape index (κ2) is 7.61. The molecule has 1 saturated heterocycles. The number of aromatic nitrogens is 5. The number of rotatable bonds is 5. The molecule has 4 rings (SSSR count). The van der Waals surface area contributed by atoms with Crippen molar-refractivity contribution in [1.29, 1.82) is 0 Å². The Kier molecular flexibility index (Phi) is 4.88. The van der Waals surface area contributed by atoms with E-state index in [1.54, 1.807) is 12.5 Å². The number of piperidine rings is 1. The number of aromatic amines is 1.